The van der Waals surface area contributed by atoms with Crippen molar-refractivity contribution in [3.63, 3.8) is 0 Å². The molecule has 0 saturated heterocycles. The van der Waals surface area contributed by atoms with Gasteiger partial charge in [-0.2, -0.15) is 0 Å². The number of amides is 3. The lowest BCUT2D eigenvalue weighted by atomic mass is 10.1. The van der Waals surface area contributed by atoms with Gasteiger partial charge in [-0.25, -0.2) is 0 Å². The van der Waals surface area contributed by atoms with Gasteiger partial charge in [0.1, 0.15) is 5.76 Å². The Morgan fingerprint density at radius 2 is 1.61 bits per heavy atom. The van der Waals surface area contributed by atoms with E-state index in [1.165, 1.54) is 6.07 Å². The van der Waals surface area contributed by atoms with Gasteiger partial charge in [-0.15, -0.1) is 0 Å². The highest BCUT2D eigenvalue weighted by Crippen LogP contribution is 2.44. The number of carbonyl (C=O) groups is 4. The number of ether oxygens (including phenoxy) is 1. The lowest BCUT2D eigenvalue weighted by Crippen LogP contribution is -2.30. The first-order chi connectivity index (χ1) is 15.6. The topological polar surface area (TPSA) is 119 Å². The molecule has 1 aromatic carbocycles. The molecule has 0 aliphatic carbocycles. The minimum absolute atomic E-state index is 0.0660. The molecule has 3 rings (SSSR count). The van der Waals surface area contributed by atoms with Crippen molar-refractivity contribution in [2.24, 2.45) is 0 Å². The molecule has 0 fully saturated rings. The quantitative estimate of drug-likeness (QED) is 0.158. The van der Waals surface area contributed by atoms with Crippen LogP contribution in [0.25, 0.3) is 0 Å². The van der Waals surface area contributed by atoms with Crippen LogP contribution in [0.1, 0.15) is 52.2 Å². The standard InChI is InChI=1S/C20H17Cl4N3O6/c1-9-7-10(26-33-9)25-11(28)8-32-12(29)5-3-2-4-6-27-19(30)13-14(20(27)31)16(22)18(24)17(23)15(13)21/h7H,2-6,8H2,1H3,(H,25,26,28). The van der Waals surface area contributed by atoms with Gasteiger partial charge in [-0.1, -0.05) is 58.0 Å². The molecule has 0 spiro atoms. The molecule has 13 heteroatoms. The van der Waals surface area contributed by atoms with Gasteiger partial charge >= 0.3 is 5.97 Å². The van der Waals surface area contributed by atoms with Crippen LogP contribution >= 0.6 is 46.4 Å². The fourth-order valence-corrected chi connectivity index (χ4v) is 4.15. The van der Waals surface area contributed by atoms with Gasteiger partial charge in [-0.05, 0) is 19.8 Å². The van der Waals surface area contributed by atoms with E-state index in [0.29, 0.717) is 25.0 Å². The van der Waals surface area contributed by atoms with Gasteiger partial charge in [0.25, 0.3) is 17.7 Å². The van der Waals surface area contributed by atoms with Crippen LogP contribution in [0, 0.1) is 6.92 Å². The summed E-state index contributed by atoms with van der Waals surface area (Å²) >= 11 is 24.2. The number of imide groups is 1. The largest absolute Gasteiger partial charge is 0.456 e. The summed E-state index contributed by atoms with van der Waals surface area (Å²) in [7, 11) is 0. The molecule has 0 atom stereocenters. The molecule has 0 unspecified atom stereocenters. The van der Waals surface area contributed by atoms with Crippen LogP contribution in [0.2, 0.25) is 20.1 Å². The third-order valence-corrected chi connectivity index (χ3v) is 6.51. The van der Waals surface area contributed by atoms with Crippen LogP contribution in [-0.4, -0.2) is 46.9 Å². The predicted octanol–water partition coefficient (Wildman–Crippen LogP) is 4.93. The molecule has 33 heavy (non-hydrogen) atoms. The number of benzene rings is 1. The zero-order chi connectivity index (χ0) is 24.3. The summed E-state index contributed by atoms with van der Waals surface area (Å²) in [5.41, 5.74) is -0.132. The number of fused-ring (bicyclic) bond motifs is 1. The van der Waals surface area contributed by atoms with E-state index < -0.39 is 30.3 Å². The van der Waals surface area contributed by atoms with Gasteiger partial charge in [-0.3, -0.25) is 24.1 Å². The van der Waals surface area contributed by atoms with Crippen molar-refractivity contribution in [2.45, 2.75) is 32.6 Å². The molecular weight excluding hydrogens is 520 g/mol. The summed E-state index contributed by atoms with van der Waals surface area (Å²) in [6.45, 7) is 1.32. The van der Waals surface area contributed by atoms with Gasteiger partial charge in [0, 0.05) is 19.0 Å². The molecule has 176 valence electrons. The third kappa shape index (κ3) is 5.60. The molecule has 1 aromatic heterocycles. The summed E-state index contributed by atoms with van der Waals surface area (Å²) < 4.78 is 9.72. The van der Waals surface area contributed by atoms with Crippen molar-refractivity contribution in [1.82, 2.24) is 10.1 Å². The average Bonchev–Trinajstić information content (AvgIpc) is 3.29. The molecule has 1 aliphatic heterocycles. The Bertz CT molecular complexity index is 1090. The summed E-state index contributed by atoms with van der Waals surface area (Å²) in [6, 6.07) is 1.53. The van der Waals surface area contributed by atoms with Gasteiger partial charge in [0.2, 0.25) is 0 Å². The van der Waals surface area contributed by atoms with E-state index in [4.69, 9.17) is 55.7 Å². The Labute approximate surface area is 208 Å². The normalized spacial score (nSPS) is 12.8. The second kappa shape index (κ2) is 10.7. The molecule has 0 saturated carbocycles. The number of hydrogen-bond donors (Lipinski definition) is 1. The highest BCUT2D eigenvalue weighted by atomic mass is 35.5. The van der Waals surface area contributed by atoms with Gasteiger partial charge in [0.05, 0.1) is 31.2 Å². The SMILES string of the molecule is Cc1cc(NC(=O)COC(=O)CCCCCN2C(=O)c3c(Cl)c(Cl)c(Cl)c(Cl)c3C2=O)no1. The Kier molecular flexibility index (Phi) is 8.23. The molecule has 2 aromatic rings. The van der Waals surface area contributed by atoms with Crippen LogP contribution < -0.4 is 5.32 Å². The maximum absolute atomic E-state index is 12.6. The summed E-state index contributed by atoms with van der Waals surface area (Å²) in [4.78, 5) is 49.8. The second-order valence-electron chi connectivity index (χ2n) is 7.11. The van der Waals surface area contributed by atoms with Crippen LogP contribution in [0.3, 0.4) is 0 Å². The Morgan fingerprint density at radius 3 is 2.15 bits per heavy atom. The van der Waals surface area contributed by atoms with E-state index in [1.807, 2.05) is 0 Å². The van der Waals surface area contributed by atoms with Gasteiger partial charge in [0.15, 0.2) is 12.4 Å². The number of aryl methyl sites for hydroxylation is 1. The number of nitrogens with zero attached hydrogens (tertiary/aromatic N) is 2. The van der Waals surface area contributed by atoms with E-state index in [0.717, 1.165) is 4.90 Å². The highest BCUT2D eigenvalue weighted by Gasteiger charge is 2.41. The van der Waals surface area contributed by atoms with Crippen molar-refractivity contribution in [2.75, 3.05) is 18.5 Å². The second-order valence-corrected chi connectivity index (χ2v) is 8.62. The zero-order valence-corrected chi connectivity index (χ0v) is 20.2. The monoisotopic (exact) mass is 535 g/mol. The fraction of sp³-hybridized carbons (Fsp3) is 0.350. The van der Waals surface area contributed by atoms with Crippen molar-refractivity contribution < 1.29 is 28.4 Å². The minimum Gasteiger partial charge on any atom is -0.456 e. The van der Waals surface area contributed by atoms with Crippen molar-refractivity contribution in [3.8, 4) is 0 Å². The van der Waals surface area contributed by atoms with Crippen molar-refractivity contribution in [3.05, 3.63) is 43.0 Å². The first-order valence-electron chi connectivity index (χ1n) is 9.72. The lowest BCUT2D eigenvalue weighted by Gasteiger charge is -2.13. The van der Waals surface area contributed by atoms with Gasteiger partial charge < -0.3 is 14.6 Å². The average molecular weight is 537 g/mol. The number of nitrogens with one attached hydrogen (secondary N) is 1. The number of aromatic nitrogens is 1. The third-order valence-electron chi connectivity index (χ3n) is 4.71. The molecule has 1 N–H and O–H groups in total. The summed E-state index contributed by atoms with van der Waals surface area (Å²) in [5, 5.41) is 5.62. The van der Waals surface area contributed by atoms with Crippen LogP contribution in [0.15, 0.2) is 10.6 Å². The van der Waals surface area contributed by atoms with Crippen LogP contribution in [0.4, 0.5) is 5.82 Å². The molecule has 0 bridgehead atoms. The predicted molar refractivity (Wildman–Crippen MR) is 121 cm³/mol. The maximum atomic E-state index is 12.6. The molecule has 0 radical (unpaired) electrons. The molecule has 1 aliphatic rings. The summed E-state index contributed by atoms with van der Waals surface area (Å²) in [6.07, 6.45) is 1.46. The number of halogens is 4. The Balaban J connectivity index is 1.40. The van der Waals surface area contributed by atoms with Crippen LogP contribution in [-0.2, 0) is 14.3 Å². The smallest absolute Gasteiger partial charge is 0.306 e. The Hall–Kier alpha value is -2.33. The number of anilines is 1. The van der Waals surface area contributed by atoms with Crippen molar-refractivity contribution in [1.29, 1.82) is 0 Å². The number of rotatable bonds is 9. The van der Waals surface area contributed by atoms with E-state index in [2.05, 4.69) is 10.5 Å². The number of unbranched alkanes of at least 4 members (excludes halogenated alkanes) is 2. The molecule has 9 nitrogen and oxygen atoms in total. The van der Waals surface area contributed by atoms with E-state index >= 15 is 0 Å². The number of hydrogen-bond acceptors (Lipinski definition) is 7. The zero-order valence-electron chi connectivity index (χ0n) is 17.2. The van der Waals surface area contributed by atoms with E-state index in [1.54, 1.807) is 6.92 Å². The number of esters is 1. The van der Waals surface area contributed by atoms with E-state index in [9.17, 15) is 19.2 Å². The number of carbonyl (C=O) groups excluding carboxylic acids is 4. The first kappa shape index (κ1) is 25.3. The maximum Gasteiger partial charge on any atom is 0.306 e. The van der Waals surface area contributed by atoms with E-state index in [-0.39, 0.29) is 50.0 Å². The minimum atomic E-state index is -0.604. The molecule has 2 heterocycles. The fourth-order valence-electron chi connectivity index (χ4n) is 3.14. The first-order valence-corrected chi connectivity index (χ1v) is 11.2. The summed E-state index contributed by atoms with van der Waals surface area (Å²) in [5.74, 6) is -1.54. The molecular formula is C20H17Cl4N3O6. The Morgan fingerprint density at radius 1 is 1.00 bits per heavy atom. The molecule has 3 amide bonds. The highest BCUT2D eigenvalue weighted by molar-refractivity contribution is 6.55. The lowest BCUT2D eigenvalue weighted by molar-refractivity contribution is -0.147. The van der Waals surface area contributed by atoms with Crippen LogP contribution in [0.5, 0.6) is 0 Å². The van der Waals surface area contributed by atoms with Crippen molar-refractivity contribution >= 4 is 75.9 Å².